The molecule has 1 N–H and O–H groups in total. The maximum atomic E-state index is 13.7. The summed E-state index contributed by atoms with van der Waals surface area (Å²) >= 11 is 0. The molecular formula is C20H17NO6. The lowest BCUT2D eigenvalue weighted by atomic mass is 9.76. The molecule has 0 radical (unpaired) electrons. The highest BCUT2D eigenvalue weighted by molar-refractivity contribution is 6.10. The summed E-state index contributed by atoms with van der Waals surface area (Å²) in [5.74, 6) is 2.17. The molecule has 2 aromatic carbocycles. The number of ether oxygens (including phenoxy) is 4. The lowest BCUT2D eigenvalue weighted by Crippen LogP contribution is -2.54. The van der Waals surface area contributed by atoms with Gasteiger partial charge in [-0.2, -0.15) is 0 Å². The Morgan fingerprint density at radius 3 is 2.67 bits per heavy atom. The van der Waals surface area contributed by atoms with Crippen molar-refractivity contribution >= 4 is 5.78 Å². The molecule has 27 heavy (non-hydrogen) atoms. The van der Waals surface area contributed by atoms with Gasteiger partial charge in [-0.15, -0.1) is 0 Å². The summed E-state index contributed by atoms with van der Waals surface area (Å²) in [5.41, 5.74) is 1.53. The van der Waals surface area contributed by atoms with Crippen LogP contribution in [-0.4, -0.2) is 43.0 Å². The smallest absolute Gasteiger partial charge is 0.231 e. The van der Waals surface area contributed by atoms with E-state index in [4.69, 9.17) is 18.9 Å². The van der Waals surface area contributed by atoms with Crippen molar-refractivity contribution in [1.29, 1.82) is 0 Å². The number of nitrogens with zero attached hydrogens (tertiary/aromatic N) is 1. The van der Waals surface area contributed by atoms with Crippen LogP contribution in [0.1, 0.15) is 33.2 Å². The van der Waals surface area contributed by atoms with Crippen molar-refractivity contribution in [2.75, 3.05) is 27.2 Å². The van der Waals surface area contributed by atoms with Gasteiger partial charge < -0.3 is 24.1 Å². The molecule has 7 heteroatoms. The highest BCUT2D eigenvalue weighted by atomic mass is 16.7. The van der Waals surface area contributed by atoms with Crippen molar-refractivity contribution in [1.82, 2.24) is 4.90 Å². The van der Waals surface area contributed by atoms with Crippen LogP contribution < -0.4 is 18.9 Å². The molecule has 0 aromatic heterocycles. The van der Waals surface area contributed by atoms with Crippen LogP contribution in [0.15, 0.2) is 24.3 Å². The Hall–Kier alpha value is -2.77. The predicted molar refractivity (Wildman–Crippen MR) is 92.4 cm³/mol. The van der Waals surface area contributed by atoms with E-state index in [1.165, 1.54) is 0 Å². The first-order valence-electron chi connectivity index (χ1n) is 8.92. The van der Waals surface area contributed by atoms with Gasteiger partial charge in [0.2, 0.25) is 13.6 Å². The van der Waals surface area contributed by atoms with E-state index in [1.54, 1.807) is 12.1 Å². The van der Waals surface area contributed by atoms with Gasteiger partial charge in [-0.25, -0.2) is 0 Å². The van der Waals surface area contributed by atoms with E-state index in [1.807, 2.05) is 24.1 Å². The number of ketones is 1. The number of aliphatic hydroxyl groups is 1. The predicted octanol–water partition coefficient (Wildman–Crippen LogP) is 1.76. The normalized spacial score (nSPS) is 27.2. The topological polar surface area (TPSA) is 77.5 Å². The van der Waals surface area contributed by atoms with E-state index >= 15 is 0 Å². The van der Waals surface area contributed by atoms with E-state index in [9.17, 15) is 9.90 Å². The number of hydrogen-bond donors (Lipinski definition) is 1. The number of aliphatic hydroxyl groups excluding tert-OH is 1. The standard InChI is InChI=1S/C20H17NO6/c1-21-5-4-10-6-14-15(26-8-25-14)7-12(10)20(21)18(22)11-2-3-13-17(27-9-24-13)16(11)19(20)23/h2-3,6-7,19,23H,4-5,8-9H2,1H3/t19-,20-/m1/s1. The zero-order valence-corrected chi connectivity index (χ0v) is 14.7. The van der Waals surface area contributed by atoms with Gasteiger partial charge in [0.25, 0.3) is 0 Å². The third kappa shape index (κ3) is 1.67. The number of carbonyl (C=O) groups excluding carboxylic acids is 1. The average molecular weight is 367 g/mol. The van der Waals surface area contributed by atoms with E-state index in [-0.39, 0.29) is 19.4 Å². The van der Waals surface area contributed by atoms with Crippen molar-refractivity contribution in [2.45, 2.75) is 18.1 Å². The summed E-state index contributed by atoms with van der Waals surface area (Å²) in [7, 11) is 1.87. The molecule has 138 valence electrons. The van der Waals surface area contributed by atoms with Gasteiger partial charge in [0.15, 0.2) is 28.8 Å². The second kappa shape index (κ2) is 4.94. The van der Waals surface area contributed by atoms with Gasteiger partial charge >= 0.3 is 0 Å². The van der Waals surface area contributed by atoms with Crippen LogP contribution in [0, 0.1) is 0 Å². The van der Waals surface area contributed by atoms with E-state index in [0.717, 1.165) is 17.5 Å². The number of likely N-dealkylation sites (N-methyl/N-ethyl adjacent to an activating group) is 1. The molecule has 1 aliphatic carbocycles. The third-order valence-electron chi connectivity index (χ3n) is 6.17. The molecule has 2 atom stereocenters. The average Bonchev–Trinajstić information content (AvgIpc) is 3.37. The molecule has 7 nitrogen and oxygen atoms in total. The van der Waals surface area contributed by atoms with Crippen molar-refractivity contribution in [3.8, 4) is 23.0 Å². The van der Waals surface area contributed by atoms with Crippen LogP contribution in [-0.2, 0) is 12.0 Å². The van der Waals surface area contributed by atoms with Crippen LogP contribution in [0.3, 0.4) is 0 Å². The van der Waals surface area contributed by atoms with Crippen LogP contribution in [0.25, 0.3) is 0 Å². The van der Waals surface area contributed by atoms with Gasteiger partial charge in [-0.3, -0.25) is 9.69 Å². The molecule has 6 rings (SSSR count). The lowest BCUT2D eigenvalue weighted by molar-refractivity contribution is -0.00844. The minimum absolute atomic E-state index is 0.0881. The summed E-state index contributed by atoms with van der Waals surface area (Å²) in [6, 6.07) is 7.23. The molecule has 2 aromatic rings. The Morgan fingerprint density at radius 1 is 1.07 bits per heavy atom. The molecule has 3 aliphatic heterocycles. The van der Waals surface area contributed by atoms with Crippen LogP contribution in [0.2, 0.25) is 0 Å². The van der Waals surface area contributed by atoms with Crippen LogP contribution in [0.4, 0.5) is 0 Å². The molecule has 1 spiro atoms. The number of carbonyl (C=O) groups is 1. The van der Waals surface area contributed by atoms with Gasteiger partial charge in [-0.1, -0.05) is 0 Å². The number of benzene rings is 2. The first-order valence-corrected chi connectivity index (χ1v) is 8.92. The summed E-state index contributed by atoms with van der Waals surface area (Å²) in [6.07, 6.45) is -0.306. The number of fused-ring (bicyclic) bond motifs is 6. The van der Waals surface area contributed by atoms with Crippen LogP contribution >= 0.6 is 0 Å². The van der Waals surface area contributed by atoms with E-state index in [0.29, 0.717) is 40.7 Å². The minimum Gasteiger partial charge on any atom is -0.454 e. The molecule has 0 unspecified atom stereocenters. The maximum absolute atomic E-state index is 13.7. The Kier molecular flexibility index (Phi) is 2.80. The molecule has 0 fully saturated rings. The monoisotopic (exact) mass is 367 g/mol. The Bertz CT molecular complexity index is 1020. The van der Waals surface area contributed by atoms with E-state index in [2.05, 4.69) is 0 Å². The second-order valence-electron chi connectivity index (χ2n) is 7.29. The summed E-state index contributed by atoms with van der Waals surface area (Å²) in [6.45, 7) is 0.893. The molecule has 0 saturated carbocycles. The molecule has 4 aliphatic rings. The highest BCUT2D eigenvalue weighted by Crippen LogP contribution is 2.57. The fraction of sp³-hybridized carbons (Fsp3) is 0.350. The SMILES string of the molecule is CN1CCc2cc3c(cc2[C@]12C(=O)c1ccc4c(c1[C@H]2O)OCO4)OCO3. The lowest BCUT2D eigenvalue weighted by Gasteiger charge is -2.44. The highest BCUT2D eigenvalue weighted by Gasteiger charge is 2.60. The van der Waals surface area contributed by atoms with E-state index < -0.39 is 11.6 Å². The van der Waals surface area contributed by atoms with Crippen molar-refractivity contribution in [3.63, 3.8) is 0 Å². The first-order chi connectivity index (χ1) is 13.1. The fourth-order valence-corrected chi connectivity index (χ4v) is 4.87. The second-order valence-corrected chi connectivity index (χ2v) is 7.29. The van der Waals surface area contributed by atoms with Crippen LogP contribution in [0.5, 0.6) is 23.0 Å². The molecular weight excluding hydrogens is 350 g/mol. The Morgan fingerprint density at radius 2 is 1.81 bits per heavy atom. The zero-order chi connectivity index (χ0) is 18.3. The molecule has 0 saturated heterocycles. The quantitative estimate of drug-likeness (QED) is 0.760. The minimum atomic E-state index is -1.21. The Labute approximate surface area is 155 Å². The van der Waals surface area contributed by atoms with Gasteiger partial charge in [-0.05, 0) is 48.9 Å². The molecule has 0 bridgehead atoms. The summed E-state index contributed by atoms with van der Waals surface area (Å²) < 4.78 is 22.1. The fourth-order valence-electron chi connectivity index (χ4n) is 4.87. The maximum Gasteiger partial charge on any atom is 0.231 e. The summed E-state index contributed by atoms with van der Waals surface area (Å²) in [4.78, 5) is 15.6. The third-order valence-corrected chi connectivity index (χ3v) is 6.17. The van der Waals surface area contributed by atoms with Crippen molar-refractivity contribution in [2.24, 2.45) is 0 Å². The van der Waals surface area contributed by atoms with Gasteiger partial charge in [0, 0.05) is 17.7 Å². The number of rotatable bonds is 0. The summed E-state index contributed by atoms with van der Waals surface area (Å²) in [5, 5.41) is 11.5. The zero-order valence-electron chi connectivity index (χ0n) is 14.7. The Balaban J connectivity index is 1.63. The largest absolute Gasteiger partial charge is 0.454 e. The van der Waals surface area contributed by atoms with Gasteiger partial charge in [0.05, 0.1) is 0 Å². The first kappa shape index (κ1) is 15.3. The molecule has 3 heterocycles. The molecule has 0 amide bonds. The van der Waals surface area contributed by atoms with Gasteiger partial charge in [0.1, 0.15) is 11.6 Å². The van der Waals surface area contributed by atoms with Crippen molar-refractivity contribution in [3.05, 3.63) is 46.5 Å². The number of Topliss-reactive ketones (excluding diaryl/α,β-unsaturated/α-hetero) is 1. The van der Waals surface area contributed by atoms with Crippen molar-refractivity contribution < 1.29 is 28.8 Å². The number of hydrogen-bond acceptors (Lipinski definition) is 7.